The van der Waals surface area contributed by atoms with Gasteiger partial charge in [-0.3, -0.25) is 14.3 Å². The quantitative estimate of drug-likeness (QED) is 0.770. The van der Waals surface area contributed by atoms with E-state index >= 15 is 0 Å². The van der Waals surface area contributed by atoms with Crippen molar-refractivity contribution in [1.82, 2.24) is 19.5 Å². The third-order valence-electron chi connectivity index (χ3n) is 3.29. The minimum Gasteiger partial charge on any atom is -0.331 e. The minimum absolute atomic E-state index is 0.344. The molecule has 20 heavy (non-hydrogen) atoms. The first-order chi connectivity index (χ1) is 9.65. The van der Waals surface area contributed by atoms with Crippen molar-refractivity contribution in [2.45, 2.75) is 26.8 Å². The Bertz CT molecular complexity index is 884. The largest absolute Gasteiger partial charge is 0.331 e. The van der Waals surface area contributed by atoms with Crippen LogP contribution in [0.4, 0.5) is 0 Å². The monoisotopic (exact) mass is 290 g/mol. The van der Waals surface area contributed by atoms with Gasteiger partial charge in [-0.1, -0.05) is 6.92 Å². The summed E-state index contributed by atoms with van der Waals surface area (Å²) < 4.78 is 1.45. The molecule has 0 aliphatic rings. The van der Waals surface area contributed by atoms with Crippen LogP contribution in [0.15, 0.2) is 21.0 Å². The highest BCUT2D eigenvalue weighted by atomic mass is 32.1. The summed E-state index contributed by atoms with van der Waals surface area (Å²) in [5.74, 6) is 0.644. The number of nitrogens with one attached hydrogen (secondary N) is 2. The number of nitrogens with zero attached hydrogens (tertiary/aromatic N) is 2. The molecule has 2 N–H and O–H groups in total. The van der Waals surface area contributed by atoms with Crippen LogP contribution in [-0.2, 0) is 13.0 Å². The molecule has 0 aromatic carbocycles. The topological polar surface area (TPSA) is 83.5 Å². The van der Waals surface area contributed by atoms with Gasteiger partial charge < -0.3 is 4.98 Å². The molecule has 0 saturated heterocycles. The van der Waals surface area contributed by atoms with Crippen molar-refractivity contribution < 1.29 is 0 Å². The molecular weight excluding hydrogens is 276 g/mol. The zero-order valence-electron chi connectivity index (χ0n) is 11.2. The number of aromatic amines is 2. The van der Waals surface area contributed by atoms with Crippen molar-refractivity contribution in [3.63, 3.8) is 0 Å². The summed E-state index contributed by atoms with van der Waals surface area (Å²) in [6.45, 7) is 4.38. The summed E-state index contributed by atoms with van der Waals surface area (Å²) in [7, 11) is 0. The van der Waals surface area contributed by atoms with E-state index in [9.17, 15) is 9.59 Å². The molecule has 0 bridgehead atoms. The Morgan fingerprint density at radius 2 is 2.10 bits per heavy atom. The molecule has 7 heteroatoms. The second-order valence-electron chi connectivity index (χ2n) is 4.42. The lowest BCUT2D eigenvalue weighted by Crippen LogP contribution is -2.29. The highest BCUT2D eigenvalue weighted by molar-refractivity contribution is 7.13. The molecule has 3 aromatic heterocycles. The van der Waals surface area contributed by atoms with Gasteiger partial charge in [-0.05, 0) is 30.4 Å². The fourth-order valence-electron chi connectivity index (χ4n) is 2.26. The molecular formula is C13H14N4O2S. The van der Waals surface area contributed by atoms with Crippen LogP contribution in [0.5, 0.6) is 0 Å². The van der Waals surface area contributed by atoms with E-state index < -0.39 is 11.2 Å². The molecule has 0 unspecified atom stereocenters. The van der Waals surface area contributed by atoms with Crippen molar-refractivity contribution in [3.05, 3.63) is 37.8 Å². The molecule has 104 valence electrons. The third kappa shape index (κ3) is 1.82. The smallest absolute Gasteiger partial charge is 0.330 e. The van der Waals surface area contributed by atoms with Gasteiger partial charge in [0.2, 0.25) is 0 Å². The third-order valence-corrected chi connectivity index (χ3v) is 4.26. The van der Waals surface area contributed by atoms with Gasteiger partial charge in [0.1, 0.15) is 5.52 Å². The number of hydrogen-bond donors (Lipinski definition) is 2. The van der Waals surface area contributed by atoms with E-state index in [0.717, 1.165) is 11.3 Å². The maximum absolute atomic E-state index is 11.9. The van der Waals surface area contributed by atoms with Crippen LogP contribution in [-0.4, -0.2) is 19.5 Å². The molecule has 3 aromatic rings. The summed E-state index contributed by atoms with van der Waals surface area (Å²) in [4.78, 5) is 34.4. The van der Waals surface area contributed by atoms with E-state index in [4.69, 9.17) is 0 Å². The Hall–Kier alpha value is -2.15. The van der Waals surface area contributed by atoms with Crippen LogP contribution in [0.3, 0.4) is 0 Å². The summed E-state index contributed by atoms with van der Waals surface area (Å²) >= 11 is 1.57. The lowest BCUT2D eigenvalue weighted by atomic mass is 10.2. The van der Waals surface area contributed by atoms with E-state index in [1.54, 1.807) is 11.3 Å². The van der Waals surface area contributed by atoms with Crippen molar-refractivity contribution in [1.29, 1.82) is 0 Å². The average molecular weight is 290 g/mol. The first kappa shape index (κ1) is 12.9. The fraction of sp³-hybridized carbons (Fsp3) is 0.308. The predicted molar refractivity (Wildman–Crippen MR) is 79.3 cm³/mol. The van der Waals surface area contributed by atoms with Gasteiger partial charge in [0, 0.05) is 6.54 Å². The van der Waals surface area contributed by atoms with Crippen LogP contribution >= 0.6 is 11.3 Å². The Kier molecular flexibility index (Phi) is 3.06. The molecule has 6 nitrogen and oxygen atoms in total. The maximum atomic E-state index is 11.9. The summed E-state index contributed by atoms with van der Waals surface area (Å²) in [5.41, 5.74) is 1.08. The maximum Gasteiger partial charge on any atom is 0.330 e. The Labute approximate surface area is 118 Å². The predicted octanol–water partition coefficient (Wildman–Crippen LogP) is 1.72. The van der Waals surface area contributed by atoms with Crippen LogP contribution in [0, 0.1) is 0 Å². The van der Waals surface area contributed by atoms with E-state index in [-0.39, 0.29) is 0 Å². The van der Waals surface area contributed by atoms with Crippen LogP contribution in [0.2, 0.25) is 0 Å². The minimum atomic E-state index is -0.428. The molecule has 0 aliphatic carbocycles. The number of aromatic nitrogens is 4. The van der Waals surface area contributed by atoms with Gasteiger partial charge in [-0.2, -0.15) is 0 Å². The van der Waals surface area contributed by atoms with Gasteiger partial charge >= 0.3 is 5.69 Å². The van der Waals surface area contributed by atoms with Gasteiger partial charge in [-0.25, -0.2) is 9.78 Å². The molecule has 0 atom stereocenters. The second kappa shape index (κ2) is 4.75. The summed E-state index contributed by atoms with van der Waals surface area (Å²) in [6, 6.07) is 2.05. The molecule has 3 rings (SSSR count). The fourth-order valence-corrected chi connectivity index (χ4v) is 3.20. The number of aryl methyl sites for hydroxylation is 2. The first-order valence-electron chi connectivity index (χ1n) is 6.45. The van der Waals surface area contributed by atoms with E-state index in [1.807, 2.05) is 18.4 Å². The van der Waals surface area contributed by atoms with Gasteiger partial charge in [-0.15, -0.1) is 11.3 Å². The molecule has 0 aliphatic heterocycles. The highest BCUT2D eigenvalue weighted by Crippen LogP contribution is 2.28. The van der Waals surface area contributed by atoms with E-state index in [2.05, 4.69) is 21.9 Å². The van der Waals surface area contributed by atoms with E-state index in [1.165, 1.54) is 10.1 Å². The van der Waals surface area contributed by atoms with Crippen molar-refractivity contribution in [3.8, 4) is 10.7 Å². The number of fused-ring (bicyclic) bond motifs is 1. The number of rotatable bonds is 3. The van der Waals surface area contributed by atoms with Gasteiger partial charge in [0.15, 0.2) is 11.5 Å². The molecule has 0 saturated carbocycles. The van der Waals surface area contributed by atoms with Gasteiger partial charge in [0.25, 0.3) is 5.56 Å². The van der Waals surface area contributed by atoms with Crippen LogP contribution < -0.4 is 11.2 Å². The highest BCUT2D eigenvalue weighted by Gasteiger charge is 2.15. The van der Waals surface area contributed by atoms with E-state index in [0.29, 0.717) is 23.5 Å². The van der Waals surface area contributed by atoms with Gasteiger partial charge in [0.05, 0.1) is 4.88 Å². The zero-order chi connectivity index (χ0) is 14.3. The Balaban J connectivity index is 2.33. The standard InChI is InChI=1S/C13H14N4O2S/c1-3-7-5-6-20-9(7)10-14-8-11(15-10)17(4-2)13(19)16-12(8)18/h5-6H,3-4H2,1-2H3,(H,14,15)(H,16,18,19). The summed E-state index contributed by atoms with van der Waals surface area (Å²) in [6.07, 6.45) is 0.896. The molecule has 0 amide bonds. The van der Waals surface area contributed by atoms with Crippen LogP contribution in [0.25, 0.3) is 21.9 Å². The lowest BCUT2D eigenvalue weighted by molar-refractivity contribution is 0.720. The number of thiophene rings is 1. The van der Waals surface area contributed by atoms with Crippen molar-refractivity contribution in [2.75, 3.05) is 0 Å². The molecule has 0 fully saturated rings. The molecule has 0 radical (unpaired) electrons. The molecule has 3 heterocycles. The number of H-pyrrole nitrogens is 2. The molecule has 0 spiro atoms. The normalized spacial score (nSPS) is 11.3. The van der Waals surface area contributed by atoms with Crippen molar-refractivity contribution in [2.24, 2.45) is 0 Å². The summed E-state index contributed by atoms with van der Waals surface area (Å²) in [5, 5.41) is 2.00. The average Bonchev–Trinajstić information content (AvgIpc) is 3.04. The SMILES string of the molecule is CCc1ccsc1-c1nc2c([nH]1)c(=O)[nH]c(=O)n2CC. The Morgan fingerprint density at radius 1 is 1.30 bits per heavy atom. The number of hydrogen-bond acceptors (Lipinski definition) is 4. The number of imidazole rings is 1. The first-order valence-corrected chi connectivity index (χ1v) is 7.33. The Morgan fingerprint density at radius 3 is 2.80 bits per heavy atom. The van der Waals surface area contributed by atoms with Crippen LogP contribution in [0.1, 0.15) is 19.4 Å². The lowest BCUT2D eigenvalue weighted by Gasteiger charge is -1.99. The second-order valence-corrected chi connectivity index (χ2v) is 5.33. The zero-order valence-corrected chi connectivity index (χ0v) is 12.0. The van der Waals surface area contributed by atoms with Crippen molar-refractivity contribution >= 4 is 22.5 Å².